The van der Waals surface area contributed by atoms with Crippen LogP contribution < -0.4 is 15.5 Å². The summed E-state index contributed by atoms with van der Waals surface area (Å²) in [4.78, 5) is 18.5. The van der Waals surface area contributed by atoms with Crippen LogP contribution in [0.3, 0.4) is 0 Å². The second-order valence-corrected chi connectivity index (χ2v) is 6.15. The van der Waals surface area contributed by atoms with Crippen LogP contribution in [0.4, 0.5) is 10.1 Å². The maximum Gasteiger partial charge on any atom is 0.246 e. The summed E-state index contributed by atoms with van der Waals surface area (Å²) in [5, 5.41) is 6.04. The Morgan fingerprint density at radius 1 is 1.15 bits per heavy atom. The number of guanidine groups is 1. The predicted molar refractivity (Wildman–Crippen MR) is 102 cm³/mol. The van der Waals surface area contributed by atoms with Crippen LogP contribution in [0.5, 0.6) is 0 Å². The van der Waals surface area contributed by atoms with E-state index in [1.165, 1.54) is 11.6 Å². The van der Waals surface area contributed by atoms with Crippen molar-refractivity contribution in [2.75, 3.05) is 25.0 Å². The van der Waals surface area contributed by atoms with Crippen molar-refractivity contribution in [2.24, 2.45) is 4.99 Å². The number of benzene rings is 2. The number of amides is 1. The van der Waals surface area contributed by atoms with Gasteiger partial charge in [-0.25, -0.2) is 4.39 Å². The third-order valence-electron chi connectivity index (χ3n) is 4.45. The zero-order valence-electron chi connectivity index (χ0n) is 14.8. The van der Waals surface area contributed by atoms with Gasteiger partial charge in [-0.3, -0.25) is 9.79 Å². The molecule has 2 aromatic carbocycles. The standard InChI is InChI=1S/C20H23FN4O/c1-22-20(23-13-16-8-2-4-10-17(16)21)24-14-19(26)25-12-6-9-15-7-3-5-11-18(15)25/h2-5,7-8,10-11H,6,9,12-14H2,1H3,(H2,22,23,24). The number of nitrogens with zero attached hydrogens (tertiary/aromatic N) is 2. The monoisotopic (exact) mass is 354 g/mol. The van der Waals surface area contributed by atoms with Crippen molar-refractivity contribution >= 4 is 17.6 Å². The molecule has 6 heteroatoms. The maximum atomic E-state index is 13.7. The number of nitrogens with one attached hydrogen (secondary N) is 2. The van der Waals surface area contributed by atoms with Crippen LogP contribution in [0.2, 0.25) is 0 Å². The van der Waals surface area contributed by atoms with Gasteiger partial charge in [0.15, 0.2) is 5.96 Å². The van der Waals surface area contributed by atoms with Gasteiger partial charge in [-0.1, -0.05) is 36.4 Å². The van der Waals surface area contributed by atoms with E-state index in [-0.39, 0.29) is 18.3 Å². The molecule has 0 spiro atoms. The van der Waals surface area contributed by atoms with E-state index in [0.717, 1.165) is 25.1 Å². The minimum atomic E-state index is -0.267. The molecule has 1 heterocycles. The fourth-order valence-electron chi connectivity index (χ4n) is 3.09. The summed E-state index contributed by atoms with van der Waals surface area (Å²) >= 11 is 0. The number of anilines is 1. The second-order valence-electron chi connectivity index (χ2n) is 6.15. The molecular formula is C20H23FN4O. The molecular weight excluding hydrogens is 331 g/mol. The quantitative estimate of drug-likeness (QED) is 0.655. The van der Waals surface area contributed by atoms with Gasteiger partial charge in [-0.15, -0.1) is 0 Å². The Bertz CT molecular complexity index is 806. The number of rotatable bonds is 4. The lowest BCUT2D eigenvalue weighted by atomic mass is 10.0. The van der Waals surface area contributed by atoms with Gasteiger partial charge >= 0.3 is 0 Å². The second kappa shape index (κ2) is 8.47. The van der Waals surface area contributed by atoms with Crippen molar-refractivity contribution in [1.82, 2.24) is 10.6 Å². The number of para-hydroxylation sites is 1. The van der Waals surface area contributed by atoms with Gasteiger partial charge < -0.3 is 15.5 Å². The normalized spacial score (nSPS) is 13.9. The molecule has 0 radical (unpaired) electrons. The summed E-state index contributed by atoms with van der Waals surface area (Å²) in [7, 11) is 1.62. The zero-order chi connectivity index (χ0) is 18.4. The molecule has 0 fully saturated rings. The fraction of sp³-hybridized carbons (Fsp3) is 0.300. The molecule has 0 bridgehead atoms. The van der Waals surface area contributed by atoms with E-state index in [0.29, 0.717) is 18.1 Å². The first-order chi connectivity index (χ1) is 12.7. The predicted octanol–water partition coefficient (Wildman–Crippen LogP) is 2.47. The Kier molecular flexibility index (Phi) is 5.84. The molecule has 1 amide bonds. The number of hydrogen-bond donors (Lipinski definition) is 2. The van der Waals surface area contributed by atoms with Crippen molar-refractivity contribution in [3.63, 3.8) is 0 Å². The van der Waals surface area contributed by atoms with E-state index in [2.05, 4.69) is 21.7 Å². The lowest BCUT2D eigenvalue weighted by Crippen LogP contribution is -2.46. The minimum Gasteiger partial charge on any atom is -0.352 e. The van der Waals surface area contributed by atoms with E-state index in [1.807, 2.05) is 23.1 Å². The fourth-order valence-corrected chi connectivity index (χ4v) is 3.09. The Morgan fingerprint density at radius 2 is 1.92 bits per heavy atom. The number of aliphatic imine (C=N–C) groups is 1. The molecule has 0 saturated carbocycles. The van der Waals surface area contributed by atoms with Crippen LogP contribution in [-0.4, -0.2) is 32.0 Å². The number of aryl methyl sites for hydroxylation is 1. The molecule has 5 nitrogen and oxygen atoms in total. The molecule has 1 aliphatic rings. The summed E-state index contributed by atoms with van der Waals surface area (Å²) in [5.41, 5.74) is 2.74. The Hall–Kier alpha value is -2.89. The topological polar surface area (TPSA) is 56.7 Å². The highest BCUT2D eigenvalue weighted by atomic mass is 19.1. The summed E-state index contributed by atoms with van der Waals surface area (Å²) in [6.07, 6.45) is 1.96. The van der Waals surface area contributed by atoms with E-state index < -0.39 is 0 Å². The van der Waals surface area contributed by atoms with Crippen molar-refractivity contribution in [2.45, 2.75) is 19.4 Å². The van der Waals surface area contributed by atoms with E-state index >= 15 is 0 Å². The lowest BCUT2D eigenvalue weighted by molar-refractivity contribution is -0.117. The van der Waals surface area contributed by atoms with E-state index in [9.17, 15) is 9.18 Å². The molecule has 3 rings (SSSR count). The van der Waals surface area contributed by atoms with Crippen LogP contribution in [0, 0.1) is 5.82 Å². The van der Waals surface area contributed by atoms with Gasteiger partial charge in [0.1, 0.15) is 5.82 Å². The molecule has 0 atom stereocenters. The average Bonchev–Trinajstić information content (AvgIpc) is 2.68. The molecule has 0 aromatic heterocycles. The smallest absolute Gasteiger partial charge is 0.246 e. The van der Waals surface area contributed by atoms with Crippen LogP contribution in [0.1, 0.15) is 17.5 Å². The van der Waals surface area contributed by atoms with E-state index in [4.69, 9.17) is 0 Å². The van der Waals surface area contributed by atoms with Crippen LogP contribution in [0.25, 0.3) is 0 Å². The van der Waals surface area contributed by atoms with Crippen molar-refractivity contribution in [3.8, 4) is 0 Å². The Balaban J connectivity index is 1.56. The molecule has 2 N–H and O–H groups in total. The molecule has 0 aliphatic carbocycles. The molecule has 0 unspecified atom stereocenters. The Labute approximate surface area is 152 Å². The number of fused-ring (bicyclic) bond motifs is 1. The van der Waals surface area contributed by atoms with Gasteiger partial charge in [0.2, 0.25) is 5.91 Å². The third-order valence-corrected chi connectivity index (χ3v) is 4.45. The first kappa shape index (κ1) is 17.9. The van der Waals surface area contributed by atoms with E-state index in [1.54, 1.807) is 25.2 Å². The highest BCUT2D eigenvalue weighted by Gasteiger charge is 2.21. The molecule has 26 heavy (non-hydrogen) atoms. The summed E-state index contributed by atoms with van der Waals surface area (Å²) < 4.78 is 13.7. The zero-order valence-corrected chi connectivity index (χ0v) is 14.8. The van der Waals surface area contributed by atoms with Crippen LogP contribution in [0.15, 0.2) is 53.5 Å². The number of halogens is 1. The highest BCUT2D eigenvalue weighted by molar-refractivity contribution is 5.98. The molecule has 0 saturated heterocycles. The van der Waals surface area contributed by atoms with Crippen molar-refractivity contribution in [1.29, 1.82) is 0 Å². The molecule has 136 valence electrons. The molecule has 1 aliphatic heterocycles. The van der Waals surface area contributed by atoms with Gasteiger partial charge in [0, 0.05) is 31.4 Å². The number of carbonyl (C=O) groups excluding carboxylic acids is 1. The van der Waals surface area contributed by atoms with Crippen molar-refractivity contribution in [3.05, 3.63) is 65.5 Å². The van der Waals surface area contributed by atoms with Crippen LogP contribution >= 0.6 is 0 Å². The van der Waals surface area contributed by atoms with Gasteiger partial charge in [0.25, 0.3) is 0 Å². The largest absolute Gasteiger partial charge is 0.352 e. The minimum absolute atomic E-state index is 0.00834. The average molecular weight is 354 g/mol. The van der Waals surface area contributed by atoms with Crippen LogP contribution in [-0.2, 0) is 17.8 Å². The lowest BCUT2D eigenvalue weighted by Gasteiger charge is -2.29. The van der Waals surface area contributed by atoms with Gasteiger partial charge in [-0.2, -0.15) is 0 Å². The first-order valence-electron chi connectivity index (χ1n) is 8.75. The summed E-state index contributed by atoms with van der Waals surface area (Å²) in [6.45, 7) is 1.15. The highest BCUT2D eigenvalue weighted by Crippen LogP contribution is 2.26. The van der Waals surface area contributed by atoms with Crippen molar-refractivity contribution < 1.29 is 9.18 Å². The summed E-state index contributed by atoms with van der Waals surface area (Å²) in [6, 6.07) is 14.6. The number of carbonyl (C=O) groups is 1. The summed E-state index contributed by atoms with van der Waals surface area (Å²) in [5.74, 6) is 0.189. The first-order valence-corrected chi connectivity index (χ1v) is 8.75. The third kappa shape index (κ3) is 4.20. The SMILES string of the molecule is CN=C(NCC(=O)N1CCCc2ccccc21)NCc1ccccc1F. The maximum absolute atomic E-state index is 13.7. The van der Waals surface area contributed by atoms with Gasteiger partial charge in [0.05, 0.1) is 6.54 Å². The Morgan fingerprint density at radius 3 is 2.73 bits per heavy atom. The van der Waals surface area contributed by atoms with Gasteiger partial charge in [-0.05, 0) is 30.5 Å². The molecule has 2 aromatic rings. The number of hydrogen-bond acceptors (Lipinski definition) is 2.